The highest BCUT2D eigenvalue weighted by molar-refractivity contribution is 6.17. The highest BCUT2D eigenvalue weighted by atomic mass is 16.5. The van der Waals surface area contributed by atoms with E-state index in [9.17, 15) is 0 Å². The van der Waals surface area contributed by atoms with Gasteiger partial charge in [0, 0.05) is 21.8 Å². The molecule has 0 N–H and O–H groups in total. The van der Waals surface area contributed by atoms with Crippen LogP contribution in [0.2, 0.25) is 0 Å². The Labute approximate surface area is 225 Å². The van der Waals surface area contributed by atoms with Gasteiger partial charge in [-0.2, -0.15) is 0 Å². The highest BCUT2D eigenvalue weighted by Crippen LogP contribution is 2.53. The summed E-state index contributed by atoms with van der Waals surface area (Å²) >= 11 is 0. The Morgan fingerprint density at radius 3 is 2.31 bits per heavy atom. The van der Waals surface area contributed by atoms with Crippen molar-refractivity contribution in [3.05, 3.63) is 114 Å². The fourth-order valence-electron chi connectivity index (χ4n) is 6.86. The van der Waals surface area contributed by atoms with E-state index in [1.54, 1.807) is 0 Å². The second-order valence-electron chi connectivity index (χ2n) is 11.0. The Morgan fingerprint density at radius 1 is 0.615 bits per heavy atom. The van der Waals surface area contributed by atoms with Gasteiger partial charge in [-0.05, 0) is 58.7 Å². The third kappa shape index (κ3) is 2.58. The lowest BCUT2D eigenvalue weighted by Gasteiger charge is -2.21. The van der Waals surface area contributed by atoms with E-state index in [2.05, 4.69) is 91.2 Å². The topological polar surface area (TPSA) is 39.9 Å². The first-order chi connectivity index (χ1) is 19.1. The first-order valence-electron chi connectivity index (χ1n) is 13.4. The Kier molecular flexibility index (Phi) is 3.84. The lowest BCUT2D eigenvalue weighted by molar-refractivity contribution is 0.486. The van der Waals surface area contributed by atoms with Crippen molar-refractivity contribution in [2.75, 3.05) is 0 Å². The standard InChI is InChI=1S/C35H23N3O/c1-35(2)23-13-6-3-10-20(23)30-24(35)18-19-27-31(30)21-11-4-7-15-26(21)38(27)34-36-25-14-9-17-29-32(25)33(37-34)22-12-5-8-16-28(22)39-29/h3-19H,1-2H3. The zero-order chi connectivity index (χ0) is 25.9. The van der Waals surface area contributed by atoms with Gasteiger partial charge in [0.1, 0.15) is 11.5 Å². The summed E-state index contributed by atoms with van der Waals surface area (Å²) in [5.41, 5.74) is 10.3. The summed E-state index contributed by atoms with van der Waals surface area (Å²) in [6, 6.07) is 36.2. The van der Waals surface area contributed by atoms with Crippen LogP contribution in [0.1, 0.15) is 25.0 Å². The van der Waals surface area contributed by atoms with Gasteiger partial charge in [0.05, 0.1) is 27.6 Å². The van der Waals surface area contributed by atoms with Crippen molar-refractivity contribution in [2.45, 2.75) is 19.3 Å². The van der Waals surface area contributed by atoms with E-state index in [1.165, 1.54) is 33.0 Å². The molecule has 184 valence electrons. The van der Waals surface area contributed by atoms with Crippen LogP contribution in [0.15, 0.2) is 103 Å². The van der Waals surface area contributed by atoms with Crippen LogP contribution < -0.4 is 4.74 Å². The Bertz CT molecular complexity index is 2190. The second-order valence-corrected chi connectivity index (χ2v) is 11.0. The van der Waals surface area contributed by atoms with Gasteiger partial charge in [-0.1, -0.05) is 80.6 Å². The van der Waals surface area contributed by atoms with Gasteiger partial charge in [0.15, 0.2) is 0 Å². The fraction of sp³-hybridized carbons (Fsp3) is 0.0857. The SMILES string of the molecule is CC1(C)c2ccccc2-c2c1ccc1c2c2ccccc2n1-c1nc2c3c(cccc3n1)Oc1ccccc1-2. The number of hydrogen-bond acceptors (Lipinski definition) is 3. The Balaban J connectivity index is 1.43. The molecule has 5 aromatic carbocycles. The molecule has 39 heavy (non-hydrogen) atoms. The monoisotopic (exact) mass is 501 g/mol. The van der Waals surface area contributed by atoms with Crippen LogP contribution in [-0.4, -0.2) is 14.5 Å². The maximum absolute atomic E-state index is 6.24. The van der Waals surface area contributed by atoms with Crippen molar-refractivity contribution >= 4 is 32.7 Å². The second kappa shape index (κ2) is 7.12. The minimum Gasteiger partial charge on any atom is -0.456 e. The Morgan fingerprint density at radius 2 is 1.38 bits per heavy atom. The van der Waals surface area contributed by atoms with E-state index < -0.39 is 0 Å². The van der Waals surface area contributed by atoms with Gasteiger partial charge in [-0.15, -0.1) is 0 Å². The number of benzene rings is 5. The van der Waals surface area contributed by atoms with Gasteiger partial charge in [-0.25, -0.2) is 9.97 Å². The predicted octanol–water partition coefficient (Wildman–Crippen LogP) is 8.81. The molecular weight excluding hydrogens is 478 g/mol. The van der Waals surface area contributed by atoms with Crippen LogP contribution in [0, 0.1) is 0 Å². The predicted molar refractivity (Wildman–Crippen MR) is 157 cm³/mol. The smallest absolute Gasteiger partial charge is 0.235 e. The van der Waals surface area contributed by atoms with E-state index in [0.717, 1.165) is 44.7 Å². The third-order valence-corrected chi connectivity index (χ3v) is 8.62. The maximum Gasteiger partial charge on any atom is 0.235 e. The molecule has 1 aliphatic carbocycles. The molecule has 9 rings (SSSR count). The van der Waals surface area contributed by atoms with Crippen LogP contribution in [0.3, 0.4) is 0 Å². The van der Waals surface area contributed by atoms with E-state index in [-0.39, 0.29) is 5.41 Å². The molecule has 0 amide bonds. The number of ether oxygens (including phenoxy) is 1. The highest BCUT2D eigenvalue weighted by Gasteiger charge is 2.37. The molecular formula is C35H23N3O. The van der Waals surface area contributed by atoms with Crippen LogP contribution in [0.4, 0.5) is 0 Å². The first kappa shape index (κ1) is 21.0. The van der Waals surface area contributed by atoms with E-state index in [0.29, 0.717) is 5.95 Å². The van der Waals surface area contributed by atoms with Crippen molar-refractivity contribution in [1.82, 2.24) is 14.5 Å². The van der Waals surface area contributed by atoms with Crippen molar-refractivity contribution in [3.63, 3.8) is 0 Å². The van der Waals surface area contributed by atoms with E-state index >= 15 is 0 Å². The number of nitrogens with zero attached hydrogens (tertiary/aromatic N) is 3. The van der Waals surface area contributed by atoms with Crippen molar-refractivity contribution in [1.29, 1.82) is 0 Å². The van der Waals surface area contributed by atoms with Gasteiger partial charge in [0.2, 0.25) is 5.95 Å². The van der Waals surface area contributed by atoms with Gasteiger partial charge < -0.3 is 4.74 Å². The molecule has 4 heteroatoms. The third-order valence-electron chi connectivity index (χ3n) is 8.62. The summed E-state index contributed by atoms with van der Waals surface area (Å²) in [5.74, 6) is 2.29. The molecule has 0 atom stereocenters. The molecule has 4 nitrogen and oxygen atoms in total. The number of rotatable bonds is 1. The van der Waals surface area contributed by atoms with Gasteiger partial charge in [0.25, 0.3) is 0 Å². The number of aromatic nitrogens is 3. The van der Waals surface area contributed by atoms with Crippen LogP contribution in [-0.2, 0) is 5.41 Å². The van der Waals surface area contributed by atoms with Crippen LogP contribution >= 0.6 is 0 Å². The summed E-state index contributed by atoms with van der Waals surface area (Å²) in [6.45, 7) is 4.66. The number of fused-ring (bicyclic) bond motifs is 9. The summed E-state index contributed by atoms with van der Waals surface area (Å²) in [6.07, 6.45) is 0. The fourth-order valence-corrected chi connectivity index (χ4v) is 6.86. The lowest BCUT2D eigenvalue weighted by atomic mass is 9.82. The van der Waals surface area contributed by atoms with Crippen molar-refractivity contribution in [2.24, 2.45) is 0 Å². The molecule has 1 aliphatic heterocycles. The molecule has 0 saturated carbocycles. The van der Waals surface area contributed by atoms with Gasteiger partial charge in [-0.3, -0.25) is 4.57 Å². The van der Waals surface area contributed by atoms with E-state index in [1.807, 2.05) is 30.3 Å². The molecule has 0 unspecified atom stereocenters. The Hall–Kier alpha value is -4.96. The molecule has 0 saturated heterocycles. The molecule has 2 aromatic heterocycles. The average molecular weight is 502 g/mol. The van der Waals surface area contributed by atoms with Crippen LogP contribution in [0.25, 0.3) is 61.0 Å². The van der Waals surface area contributed by atoms with Gasteiger partial charge >= 0.3 is 0 Å². The van der Waals surface area contributed by atoms with Crippen LogP contribution in [0.5, 0.6) is 11.5 Å². The maximum atomic E-state index is 6.24. The molecule has 0 radical (unpaired) electrons. The summed E-state index contributed by atoms with van der Waals surface area (Å²) in [4.78, 5) is 10.4. The largest absolute Gasteiger partial charge is 0.456 e. The minimum absolute atomic E-state index is 0.0624. The average Bonchev–Trinajstić information content (AvgIpc) is 3.42. The zero-order valence-electron chi connectivity index (χ0n) is 21.6. The lowest BCUT2D eigenvalue weighted by Crippen LogP contribution is -2.14. The molecule has 0 spiro atoms. The summed E-state index contributed by atoms with van der Waals surface area (Å²) < 4.78 is 8.47. The minimum atomic E-state index is -0.0624. The quantitative estimate of drug-likeness (QED) is 0.226. The number of hydrogen-bond donors (Lipinski definition) is 0. The summed E-state index contributed by atoms with van der Waals surface area (Å²) in [7, 11) is 0. The molecule has 2 aliphatic rings. The molecule has 0 fully saturated rings. The van der Waals surface area contributed by atoms with Crippen molar-refractivity contribution in [3.8, 4) is 39.8 Å². The molecule has 7 aromatic rings. The molecule has 3 heterocycles. The number of para-hydroxylation sites is 2. The van der Waals surface area contributed by atoms with Crippen molar-refractivity contribution < 1.29 is 4.74 Å². The normalized spacial score (nSPS) is 14.3. The van der Waals surface area contributed by atoms with E-state index in [4.69, 9.17) is 14.7 Å². The zero-order valence-corrected chi connectivity index (χ0v) is 21.6. The first-order valence-corrected chi connectivity index (χ1v) is 13.4. The summed E-state index contributed by atoms with van der Waals surface area (Å²) in [5, 5.41) is 3.43. The molecule has 0 bridgehead atoms.